The number of nitrogens with one attached hydrogen (secondary N) is 1. The first kappa shape index (κ1) is 9.25. The number of nitrogens with zero attached hydrogens (tertiary/aromatic N) is 1. The molecule has 1 aliphatic heterocycles. The van der Waals surface area contributed by atoms with Gasteiger partial charge in [-0.2, -0.15) is 0 Å². The maximum Gasteiger partial charge on any atom is 0.317 e. The van der Waals surface area contributed by atoms with Crippen molar-refractivity contribution < 1.29 is 4.79 Å². The molecule has 12 heavy (non-hydrogen) atoms. The van der Waals surface area contributed by atoms with Crippen LogP contribution in [0.4, 0.5) is 4.79 Å². The van der Waals surface area contributed by atoms with Crippen molar-refractivity contribution in [2.45, 2.75) is 18.9 Å². The average molecular weight is 187 g/mol. The van der Waals surface area contributed by atoms with E-state index in [0.29, 0.717) is 4.99 Å². The molecular formula is C7H13N3OS. The topological polar surface area (TPSA) is 58.4 Å². The molecule has 0 radical (unpaired) electrons. The number of thiocarbonyl (C=S) groups is 1. The van der Waals surface area contributed by atoms with Crippen LogP contribution >= 0.6 is 12.2 Å². The lowest BCUT2D eigenvalue weighted by Gasteiger charge is -2.22. The summed E-state index contributed by atoms with van der Waals surface area (Å²) < 4.78 is 0. The van der Waals surface area contributed by atoms with Crippen LogP contribution in [-0.2, 0) is 0 Å². The predicted octanol–water partition coefficient (Wildman–Crippen LogP) is 0.0763. The molecule has 1 unspecified atom stereocenters. The van der Waals surface area contributed by atoms with E-state index in [1.165, 1.54) is 0 Å². The number of nitrogens with two attached hydrogens (primary N) is 1. The molecule has 5 heteroatoms. The van der Waals surface area contributed by atoms with Gasteiger partial charge in [0, 0.05) is 13.6 Å². The summed E-state index contributed by atoms with van der Waals surface area (Å²) >= 11 is 4.86. The molecule has 0 aromatic rings. The van der Waals surface area contributed by atoms with Gasteiger partial charge in [-0.1, -0.05) is 12.2 Å². The summed E-state index contributed by atoms with van der Waals surface area (Å²) in [6.07, 6.45) is 1.87. The van der Waals surface area contributed by atoms with Crippen LogP contribution in [0.5, 0.6) is 0 Å². The van der Waals surface area contributed by atoms with Crippen molar-refractivity contribution in [2.75, 3.05) is 13.6 Å². The lowest BCUT2D eigenvalue weighted by Crippen LogP contribution is -2.46. The molecular weight excluding hydrogens is 174 g/mol. The lowest BCUT2D eigenvalue weighted by atomic mass is 10.2. The fraction of sp³-hybridized carbons (Fsp3) is 0.714. The minimum absolute atomic E-state index is 0.0417. The highest BCUT2D eigenvalue weighted by Gasteiger charge is 2.29. The molecule has 0 spiro atoms. The van der Waals surface area contributed by atoms with Gasteiger partial charge in [0.1, 0.15) is 0 Å². The molecule has 1 rings (SSSR count). The van der Waals surface area contributed by atoms with E-state index in [1.807, 2.05) is 0 Å². The Morgan fingerprint density at radius 3 is 2.92 bits per heavy atom. The summed E-state index contributed by atoms with van der Waals surface area (Å²) in [7, 11) is 1.61. The number of hydrogen-bond acceptors (Lipinski definition) is 2. The number of amides is 2. The largest absolute Gasteiger partial charge is 0.392 e. The summed E-state index contributed by atoms with van der Waals surface area (Å²) in [6.45, 7) is 0.752. The Morgan fingerprint density at radius 1 is 1.75 bits per heavy atom. The number of rotatable bonds is 1. The van der Waals surface area contributed by atoms with E-state index < -0.39 is 0 Å². The highest BCUT2D eigenvalue weighted by Crippen LogP contribution is 2.16. The van der Waals surface area contributed by atoms with Crippen molar-refractivity contribution in [2.24, 2.45) is 5.73 Å². The van der Waals surface area contributed by atoms with Crippen molar-refractivity contribution in [1.29, 1.82) is 0 Å². The van der Waals surface area contributed by atoms with Gasteiger partial charge < -0.3 is 16.0 Å². The van der Waals surface area contributed by atoms with Gasteiger partial charge in [-0.3, -0.25) is 0 Å². The number of carbonyl (C=O) groups is 1. The van der Waals surface area contributed by atoms with Crippen LogP contribution in [0.1, 0.15) is 12.8 Å². The van der Waals surface area contributed by atoms with E-state index in [9.17, 15) is 4.79 Å². The summed E-state index contributed by atoms with van der Waals surface area (Å²) in [5.41, 5.74) is 5.49. The SMILES string of the molecule is CNC(=O)N1CCCC1C(N)=S. The van der Waals surface area contributed by atoms with E-state index in [0.717, 1.165) is 19.4 Å². The molecule has 68 valence electrons. The molecule has 1 aliphatic rings. The van der Waals surface area contributed by atoms with Gasteiger partial charge in [-0.25, -0.2) is 4.79 Å². The second kappa shape index (κ2) is 3.71. The van der Waals surface area contributed by atoms with Crippen molar-refractivity contribution >= 4 is 23.2 Å². The zero-order valence-electron chi connectivity index (χ0n) is 7.04. The molecule has 0 aromatic heterocycles. The Hall–Kier alpha value is -0.840. The molecule has 1 atom stereocenters. The minimum atomic E-state index is -0.0923. The number of carbonyl (C=O) groups excluding carboxylic acids is 1. The third kappa shape index (κ3) is 1.66. The average Bonchev–Trinajstić information content (AvgIpc) is 2.50. The molecule has 4 nitrogen and oxygen atoms in total. The summed E-state index contributed by atoms with van der Waals surface area (Å²) in [4.78, 5) is 13.3. The van der Waals surface area contributed by atoms with Crippen LogP contribution in [0.3, 0.4) is 0 Å². The van der Waals surface area contributed by atoms with Crippen LogP contribution in [0.25, 0.3) is 0 Å². The third-order valence-corrected chi connectivity index (χ3v) is 2.33. The van der Waals surface area contributed by atoms with Crippen molar-refractivity contribution in [3.05, 3.63) is 0 Å². The molecule has 0 aliphatic carbocycles. The smallest absolute Gasteiger partial charge is 0.317 e. The zero-order chi connectivity index (χ0) is 9.14. The maximum absolute atomic E-state index is 11.2. The van der Waals surface area contributed by atoms with Crippen LogP contribution in [0.15, 0.2) is 0 Å². The number of urea groups is 1. The Labute approximate surface area is 77.1 Å². The molecule has 0 saturated carbocycles. The third-order valence-electron chi connectivity index (χ3n) is 2.06. The first-order valence-electron chi connectivity index (χ1n) is 3.94. The standard InChI is InChI=1S/C7H13N3OS/c1-9-7(11)10-4-2-3-5(10)6(8)12/h5H,2-4H2,1H3,(H2,8,12)(H,9,11). The van der Waals surface area contributed by atoms with Crippen LogP contribution < -0.4 is 11.1 Å². The van der Waals surface area contributed by atoms with Gasteiger partial charge in [0.15, 0.2) is 0 Å². The summed E-state index contributed by atoms with van der Waals surface area (Å²) in [5.74, 6) is 0. The number of likely N-dealkylation sites (tertiary alicyclic amines) is 1. The van der Waals surface area contributed by atoms with E-state index >= 15 is 0 Å². The lowest BCUT2D eigenvalue weighted by molar-refractivity contribution is 0.205. The maximum atomic E-state index is 11.2. The molecule has 3 N–H and O–H groups in total. The van der Waals surface area contributed by atoms with E-state index in [2.05, 4.69) is 5.32 Å². The van der Waals surface area contributed by atoms with Gasteiger partial charge >= 0.3 is 6.03 Å². The van der Waals surface area contributed by atoms with Crippen LogP contribution in [-0.4, -0.2) is 35.6 Å². The Balaban J connectivity index is 2.63. The Morgan fingerprint density at radius 2 is 2.42 bits per heavy atom. The first-order valence-corrected chi connectivity index (χ1v) is 4.35. The van der Waals surface area contributed by atoms with E-state index in [4.69, 9.17) is 18.0 Å². The fourth-order valence-corrected chi connectivity index (χ4v) is 1.69. The van der Waals surface area contributed by atoms with Gasteiger partial charge in [-0.05, 0) is 12.8 Å². The summed E-state index contributed by atoms with van der Waals surface area (Å²) in [5, 5.41) is 2.56. The van der Waals surface area contributed by atoms with Crippen molar-refractivity contribution in [3.8, 4) is 0 Å². The highest BCUT2D eigenvalue weighted by atomic mass is 32.1. The van der Waals surface area contributed by atoms with Crippen molar-refractivity contribution in [1.82, 2.24) is 10.2 Å². The molecule has 2 amide bonds. The monoisotopic (exact) mass is 187 g/mol. The Bertz CT molecular complexity index is 207. The van der Waals surface area contributed by atoms with E-state index in [1.54, 1.807) is 11.9 Å². The second-order valence-corrected chi connectivity index (χ2v) is 3.28. The predicted molar refractivity (Wildman–Crippen MR) is 51.0 cm³/mol. The normalized spacial score (nSPS) is 22.4. The van der Waals surface area contributed by atoms with Crippen LogP contribution in [0, 0.1) is 0 Å². The fourth-order valence-electron chi connectivity index (χ4n) is 1.45. The number of hydrogen-bond donors (Lipinski definition) is 2. The highest BCUT2D eigenvalue weighted by molar-refractivity contribution is 7.80. The minimum Gasteiger partial charge on any atom is -0.392 e. The van der Waals surface area contributed by atoms with Gasteiger partial charge in [0.05, 0.1) is 11.0 Å². The molecule has 1 fully saturated rings. The quantitative estimate of drug-likeness (QED) is 0.571. The molecule has 1 saturated heterocycles. The van der Waals surface area contributed by atoms with Crippen molar-refractivity contribution in [3.63, 3.8) is 0 Å². The van der Waals surface area contributed by atoms with Gasteiger partial charge in [0.2, 0.25) is 0 Å². The summed E-state index contributed by atoms with van der Waals surface area (Å²) in [6, 6.07) is -0.134. The molecule has 0 aromatic carbocycles. The van der Waals surface area contributed by atoms with Gasteiger partial charge in [0.25, 0.3) is 0 Å². The first-order chi connectivity index (χ1) is 5.66. The van der Waals surface area contributed by atoms with Crippen LogP contribution in [0.2, 0.25) is 0 Å². The van der Waals surface area contributed by atoms with Gasteiger partial charge in [-0.15, -0.1) is 0 Å². The van der Waals surface area contributed by atoms with E-state index in [-0.39, 0.29) is 12.1 Å². The Kier molecular flexibility index (Phi) is 2.86. The molecule has 1 heterocycles. The zero-order valence-corrected chi connectivity index (χ0v) is 7.86. The molecule has 0 bridgehead atoms. The second-order valence-electron chi connectivity index (χ2n) is 2.81.